The first-order chi connectivity index (χ1) is 5.97. The van der Waals surface area contributed by atoms with Crippen molar-refractivity contribution in [1.29, 1.82) is 0 Å². The highest BCUT2D eigenvalue weighted by Crippen LogP contribution is 2.13. The molecule has 0 bridgehead atoms. The average molecular weight is 155 g/mol. The average Bonchev–Trinajstić information content (AvgIpc) is 2.06. The summed E-state index contributed by atoms with van der Waals surface area (Å²) in [6, 6.07) is 8.44. The Morgan fingerprint density at radius 3 is 3.08 bits per heavy atom. The summed E-state index contributed by atoms with van der Waals surface area (Å²) in [7, 11) is 0. The second-order valence-electron chi connectivity index (χ2n) is 2.93. The fourth-order valence-electron chi connectivity index (χ4n) is 1.42. The molecule has 0 saturated carbocycles. The summed E-state index contributed by atoms with van der Waals surface area (Å²) < 4.78 is 0. The van der Waals surface area contributed by atoms with Crippen LogP contribution in [0.15, 0.2) is 42.5 Å². The van der Waals surface area contributed by atoms with E-state index in [9.17, 15) is 0 Å². The summed E-state index contributed by atoms with van der Waals surface area (Å²) in [5, 5.41) is 0. The highest BCUT2D eigenvalue weighted by atomic mass is 14.0. The molecule has 1 aliphatic carbocycles. The van der Waals surface area contributed by atoms with Gasteiger partial charge in [0.05, 0.1) is 0 Å². The molecular formula is C12H11. The first-order valence-electron chi connectivity index (χ1n) is 4.29. The molecule has 0 fully saturated rings. The number of aryl methyl sites for hydroxylation is 1. The lowest BCUT2D eigenvalue weighted by Crippen LogP contribution is -1.90. The van der Waals surface area contributed by atoms with Gasteiger partial charge in [-0.2, -0.15) is 0 Å². The zero-order valence-electron chi connectivity index (χ0n) is 6.96. The maximum Gasteiger partial charge on any atom is -0.0103 e. The van der Waals surface area contributed by atoms with Gasteiger partial charge in [-0.3, -0.25) is 0 Å². The lowest BCUT2D eigenvalue weighted by molar-refractivity contribution is 0.989. The summed E-state index contributed by atoms with van der Waals surface area (Å²) >= 11 is 0. The van der Waals surface area contributed by atoms with Gasteiger partial charge in [-0.05, 0) is 30.0 Å². The van der Waals surface area contributed by atoms with Crippen molar-refractivity contribution in [3.05, 3.63) is 59.7 Å². The normalized spacial score (nSPS) is 20.3. The Morgan fingerprint density at radius 1 is 1.17 bits per heavy atom. The second-order valence-corrected chi connectivity index (χ2v) is 2.93. The maximum absolute atomic E-state index is 3.25. The lowest BCUT2D eigenvalue weighted by Gasteiger charge is -2.04. The maximum atomic E-state index is 3.25. The van der Waals surface area contributed by atoms with Crippen molar-refractivity contribution < 1.29 is 0 Å². The van der Waals surface area contributed by atoms with Gasteiger partial charge < -0.3 is 0 Å². The van der Waals surface area contributed by atoms with E-state index in [0.29, 0.717) is 0 Å². The topological polar surface area (TPSA) is 0 Å². The fourth-order valence-corrected chi connectivity index (χ4v) is 1.42. The van der Waals surface area contributed by atoms with Crippen molar-refractivity contribution >= 4 is 0 Å². The van der Waals surface area contributed by atoms with Crippen LogP contribution in [-0.2, 0) is 6.42 Å². The first kappa shape index (κ1) is 7.35. The molecule has 1 aliphatic rings. The lowest BCUT2D eigenvalue weighted by atomic mass is 10.0. The monoisotopic (exact) mass is 155 g/mol. The van der Waals surface area contributed by atoms with E-state index in [0.717, 1.165) is 12.8 Å². The number of allylic oxidation sites excluding steroid dienone is 3. The SMILES string of the molecule is [C]1=C\C=C/CCc2ccccc2/1. The van der Waals surface area contributed by atoms with Crippen molar-refractivity contribution in [2.24, 2.45) is 0 Å². The molecule has 0 aromatic heterocycles. The van der Waals surface area contributed by atoms with Crippen LogP contribution in [0.25, 0.3) is 0 Å². The molecule has 1 aromatic carbocycles. The van der Waals surface area contributed by atoms with Crippen LogP contribution in [0.2, 0.25) is 0 Å². The summed E-state index contributed by atoms with van der Waals surface area (Å²) in [6.45, 7) is 0. The molecule has 0 N–H and O–H groups in total. The molecule has 0 saturated heterocycles. The van der Waals surface area contributed by atoms with Crippen LogP contribution in [0.3, 0.4) is 0 Å². The van der Waals surface area contributed by atoms with Crippen molar-refractivity contribution in [1.82, 2.24) is 0 Å². The highest BCUT2D eigenvalue weighted by molar-refractivity contribution is 5.34. The zero-order chi connectivity index (χ0) is 8.23. The van der Waals surface area contributed by atoms with Crippen molar-refractivity contribution in [2.45, 2.75) is 12.8 Å². The molecule has 0 heteroatoms. The zero-order valence-corrected chi connectivity index (χ0v) is 6.96. The van der Waals surface area contributed by atoms with E-state index in [4.69, 9.17) is 0 Å². The molecule has 2 rings (SSSR count). The summed E-state index contributed by atoms with van der Waals surface area (Å²) in [5.74, 6) is 0. The van der Waals surface area contributed by atoms with Crippen molar-refractivity contribution in [3.63, 3.8) is 0 Å². The van der Waals surface area contributed by atoms with Crippen molar-refractivity contribution in [3.8, 4) is 0 Å². The van der Waals surface area contributed by atoms with E-state index in [1.54, 1.807) is 0 Å². The molecule has 0 heterocycles. The number of rotatable bonds is 0. The van der Waals surface area contributed by atoms with Gasteiger partial charge in [0.1, 0.15) is 0 Å². The Hall–Kier alpha value is -1.30. The summed E-state index contributed by atoms with van der Waals surface area (Å²) in [6.07, 6.45) is 11.8. The number of hydrogen-bond acceptors (Lipinski definition) is 0. The van der Waals surface area contributed by atoms with Gasteiger partial charge in [-0.25, -0.2) is 0 Å². The minimum Gasteiger partial charge on any atom is -0.0842 e. The Morgan fingerprint density at radius 2 is 2.08 bits per heavy atom. The Labute approximate surface area is 73.2 Å². The van der Waals surface area contributed by atoms with Crippen LogP contribution >= 0.6 is 0 Å². The largest absolute Gasteiger partial charge is 0.0842 e. The smallest absolute Gasteiger partial charge is 0.0103 e. The predicted octanol–water partition coefficient (Wildman–Crippen LogP) is 2.90. The van der Waals surface area contributed by atoms with Gasteiger partial charge in [0.2, 0.25) is 0 Å². The van der Waals surface area contributed by atoms with Crippen LogP contribution in [0, 0.1) is 6.08 Å². The van der Waals surface area contributed by atoms with Gasteiger partial charge in [-0.1, -0.05) is 42.5 Å². The summed E-state index contributed by atoms with van der Waals surface area (Å²) in [5.41, 5.74) is 2.64. The number of benzene rings is 1. The molecule has 0 atom stereocenters. The number of hydrogen-bond donors (Lipinski definition) is 0. The Balaban J connectivity index is 2.43. The molecule has 59 valence electrons. The van der Waals surface area contributed by atoms with Crippen LogP contribution < -0.4 is 0 Å². The summed E-state index contributed by atoms with van der Waals surface area (Å²) in [4.78, 5) is 0. The van der Waals surface area contributed by atoms with E-state index in [1.165, 1.54) is 11.1 Å². The quantitative estimate of drug-likeness (QED) is 0.540. The van der Waals surface area contributed by atoms with Crippen LogP contribution in [0.4, 0.5) is 0 Å². The first-order valence-corrected chi connectivity index (χ1v) is 4.29. The predicted molar refractivity (Wildman–Crippen MR) is 50.8 cm³/mol. The van der Waals surface area contributed by atoms with Crippen LogP contribution in [0.1, 0.15) is 17.5 Å². The minimum atomic E-state index is 1.13. The highest BCUT2D eigenvalue weighted by Gasteiger charge is 1.98. The molecule has 1 radical (unpaired) electrons. The molecule has 0 spiro atoms. The van der Waals surface area contributed by atoms with Gasteiger partial charge in [0, 0.05) is 0 Å². The second kappa shape index (κ2) is 3.40. The van der Waals surface area contributed by atoms with Gasteiger partial charge in [-0.15, -0.1) is 0 Å². The molecule has 0 nitrogen and oxygen atoms in total. The van der Waals surface area contributed by atoms with Crippen LogP contribution in [0.5, 0.6) is 0 Å². The third-order valence-electron chi connectivity index (χ3n) is 2.07. The van der Waals surface area contributed by atoms with Crippen LogP contribution in [-0.4, -0.2) is 0 Å². The molecule has 12 heavy (non-hydrogen) atoms. The van der Waals surface area contributed by atoms with E-state index in [2.05, 4.69) is 42.5 Å². The van der Waals surface area contributed by atoms with E-state index >= 15 is 0 Å². The standard InChI is InChI=1S/C12H11/c1-2-4-8-12-10-6-5-9-11(12)7-3-1/h1-3,5-6,9-10H,4,8H2/b2-1-,7-3?. The minimum absolute atomic E-state index is 1.13. The molecule has 0 aliphatic heterocycles. The van der Waals surface area contributed by atoms with Gasteiger partial charge in [0.15, 0.2) is 0 Å². The molecular weight excluding hydrogens is 144 g/mol. The molecule has 0 amide bonds. The molecule has 0 unspecified atom stereocenters. The third-order valence-corrected chi connectivity index (χ3v) is 2.07. The molecule has 1 aromatic rings. The van der Waals surface area contributed by atoms with E-state index in [-0.39, 0.29) is 0 Å². The third kappa shape index (κ3) is 1.48. The Kier molecular flexibility index (Phi) is 2.08. The van der Waals surface area contributed by atoms with E-state index in [1.807, 2.05) is 6.08 Å². The number of fused-ring (bicyclic) bond motifs is 1. The van der Waals surface area contributed by atoms with Gasteiger partial charge >= 0.3 is 0 Å². The van der Waals surface area contributed by atoms with Crippen molar-refractivity contribution in [2.75, 3.05) is 0 Å². The Bertz CT molecular complexity index is 319. The fraction of sp³-hybridized carbons (Fsp3) is 0.167. The van der Waals surface area contributed by atoms with Gasteiger partial charge in [0.25, 0.3) is 0 Å². The van der Waals surface area contributed by atoms with E-state index < -0.39 is 0 Å².